The van der Waals surface area contributed by atoms with E-state index in [-0.39, 0.29) is 25.0 Å². The second kappa shape index (κ2) is 9.62. The lowest BCUT2D eigenvalue weighted by molar-refractivity contribution is -0.142. The van der Waals surface area contributed by atoms with Gasteiger partial charge in [0.15, 0.2) is 0 Å². The average molecular weight is 437 g/mol. The predicted octanol–water partition coefficient (Wildman–Crippen LogP) is 4.04. The van der Waals surface area contributed by atoms with Crippen LogP contribution in [0.5, 0.6) is 0 Å². The van der Waals surface area contributed by atoms with E-state index in [0.717, 1.165) is 11.3 Å². The lowest BCUT2D eigenvalue weighted by Gasteiger charge is -2.36. The molecule has 162 valence electrons. The number of benzene rings is 1. The molecule has 0 aliphatic carbocycles. The first-order valence-corrected chi connectivity index (χ1v) is 10.3. The monoisotopic (exact) mass is 436 g/mol. The van der Waals surface area contributed by atoms with Crippen molar-refractivity contribution in [2.24, 2.45) is 0 Å². The minimum atomic E-state index is -1.44. The van der Waals surface area contributed by atoms with Gasteiger partial charge in [-0.2, -0.15) is 0 Å². The van der Waals surface area contributed by atoms with E-state index in [1.165, 1.54) is 6.92 Å². The molecule has 30 heavy (non-hydrogen) atoms. The van der Waals surface area contributed by atoms with Crippen LogP contribution >= 0.6 is 11.6 Å². The number of nitrogens with zero attached hydrogens (tertiary/aromatic N) is 1. The Balaban J connectivity index is 1.46. The van der Waals surface area contributed by atoms with Gasteiger partial charge in [0, 0.05) is 30.6 Å². The third kappa shape index (κ3) is 6.31. The Morgan fingerprint density at radius 1 is 1.23 bits per heavy atom. The maximum atomic E-state index is 15.2. The quantitative estimate of drug-likeness (QED) is 0.663. The summed E-state index contributed by atoms with van der Waals surface area (Å²) >= 11 is 6.00. The minimum absolute atomic E-state index is 0.0292. The number of esters is 1. The molecule has 2 aromatic rings. The number of carbonyl (C=O) groups is 2. The molecule has 1 fully saturated rings. The van der Waals surface area contributed by atoms with Crippen LogP contribution in [-0.4, -0.2) is 42.1 Å². The van der Waals surface area contributed by atoms with Crippen LogP contribution in [0.4, 0.5) is 4.39 Å². The van der Waals surface area contributed by atoms with Crippen LogP contribution in [0.25, 0.3) is 0 Å². The van der Waals surface area contributed by atoms with Crippen LogP contribution < -0.4 is 5.32 Å². The highest BCUT2D eigenvalue weighted by molar-refractivity contribution is 6.31. The Labute approximate surface area is 180 Å². The number of halogens is 2. The molecular formula is C22H26ClFN2O4. The first-order chi connectivity index (χ1) is 14.2. The molecule has 1 aliphatic heterocycles. The largest absolute Gasteiger partial charge is 0.461 e. The number of piperidine rings is 1. The molecule has 0 bridgehead atoms. The first-order valence-electron chi connectivity index (χ1n) is 9.90. The Morgan fingerprint density at radius 2 is 1.93 bits per heavy atom. The molecule has 1 aliphatic rings. The average Bonchev–Trinajstić information content (AvgIpc) is 3.13. The first kappa shape index (κ1) is 22.3. The number of aryl methyl sites for hydroxylation is 1. The molecule has 3 rings (SSSR count). The Bertz CT molecular complexity index is 886. The molecule has 1 N–H and O–H groups in total. The van der Waals surface area contributed by atoms with E-state index in [1.807, 2.05) is 13.0 Å². The standard InChI is InChI=1S/C22H26ClFN2O4/c1-15-9-17(11-18(23)10-15)21(28)25-14-22(24)5-7-26(8-6-22)12-19-3-4-20(30-19)13-29-16(2)27/h3-4,9-11H,5-8,12-14H2,1-2H3,(H,25,28). The second-order valence-corrected chi connectivity index (χ2v) is 8.21. The van der Waals surface area contributed by atoms with Gasteiger partial charge >= 0.3 is 5.97 Å². The van der Waals surface area contributed by atoms with E-state index < -0.39 is 5.67 Å². The summed E-state index contributed by atoms with van der Waals surface area (Å²) in [6, 6.07) is 8.69. The van der Waals surface area contributed by atoms with E-state index >= 15 is 4.39 Å². The van der Waals surface area contributed by atoms with Gasteiger partial charge in [0.2, 0.25) is 0 Å². The van der Waals surface area contributed by atoms with Crippen molar-refractivity contribution < 1.29 is 23.1 Å². The highest BCUT2D eigenvalue weighted by Crippen LogP contribution is 2.27. The summed E-state index contributed by atoms with van der Waals surface area (Å²) in [6.45, 7) is 4.95. The van der Waals surface area contributed by atoms with Crippen molar-refractivity contribution in [2.45, 2.75) is 45.5 Å². The summed E-state index contributed by atoms with van der Waals surface area (Å²) in [5.74, 6) is 0.640. The second-order valence-electron chi connectivity index (χ2n) is 7.78. The highest BCUT2D eigenvalue weighted by atomic mass is 35.5. The summed E-state index contributed by atoms with van der Waals surface area (Å²) in [5.41, 5.74) is -0.128. The van der Waals surface area contributed by atoms with Crippen LogP contribution in [0.1, 0.15) is 47.2 Å². The zero-order valence-electron chi connectivity index (χ0n) is 17.2. The number of furan rings is 1. The maximum absolute atomic E-state index is 15.2. The number of hydrogen-bond donors (Lipinski definition) is 1. The number of ether oxygens (including phenoxy) is 1. The molecule has 1 aromatic heterocycles. The summed E-state index contributed by atoms with van der Waals surface area (Å²) in [5, 5.41) is 3.19. The molecule has 1 aromatic carbocycles. The molecular weight excluding hydrogens is 411 g/mol. The molecule has 0 radical (unpaired) electrons. The molecule has 0 atom stereocenters. The lowest BCUT2D eigenvalue weighted by Crippen LogP contribution is -2.48. The zero-order chi connectivity index (χ0) is 21.7. The molecule has 0 saturated carbocycles. The fourth-order valence-corrected chi connectivity index (χ4v) is 3.76. The van der Waals surface area contributed by atoms with Crippen molar-refractivity contribution >= 4 is 23.5 Å². The number of nitrogens with one attached hydrogen (secondary N) is 1. The third-order valence-corrected chi connectivity index (χ3v) is 5.35. The highest BCUT2D eigenvalue weighted by Gasteiger charge is 2.35. The van der Waals surface area contributed by atoms with Crippen LogP contribution in [0.3, 0.4) is 0 Å². The van der Waals surface area contributed by atoms with Crippen molar-refractivity contribution in [1.82, 2.24) is 10.2 Å². The number of carbonyl (C=O) groups excluding carboxylic acids is 2. The number of alkyl halides is 1. The van der Waals surface area contributed by atoms with Gasteiger partial charge in [-0.25, -0.2) is 4.39 Å². The molecule has 8 heteroatoms. The van der Waals surface area contributed by atoms with Gasteiger partial charge < -0.3 is 14.5 Å². The van der Waals surface area contributed by atoms with Gasteiger partial charge in [0.25, 0.3) is 5.91 Å². The molecule has 6 nitrogen and oxygen atoms in total. The van der Waals surface area contributed by atoms with Gasteiger partial charge in [-0.1, -0.05) is 11.6 Å². The van der Waals surface area contributed by atoms with E-state index in [4.69, 9.17) is 20.8 Å². The van der Waals surface area contributed by atoms with Gasteiger partial charge in [-0.3, -0.25) is 14.5 Å². The van der Waals surface area contributed by atoms with Gasteiger partial charge in [-0.15, -0.1) is 0 Å². The fraction of sp³-hybridized carbons (Fsp3) is 0.455. The number of rotatable bonds is 7. The van der Waals surface area contributed by atoms with E-state index in [0.29, 0.717) is 48.8 Å². The Kier molecular flexibility index (Phi) is 7.15. The molecule has 1 amide bonds. The summed E-state index contributed by atoms with van der Waals surface area (Å²) in [7, 11) is 0. The van der Waals surface area contributed by atoms with Crippen molar-refractivity contribution in [2.75, 3.05) is 19.6 Å². The van der Waals surface area contributed by atoms with Gasteiger partial charge in [0.05, 0.1) is 13.1 Å². The van der Waals surface area contributed by atoms with Crippen molar-refractivity contribution in [3.63, 3.8) is 0 Å². The van der Waals surface area contributed by atoms with Crippen LogP contribution in [0, 0.1) is 6.92 Å². The number of amides is 1. The Morgan fingerprint density at radius 3 is 2.60 bits per heavy atom. The Hall–Kier alpha value is -2.38. The third-order valence-electron chi connectivity index (χ3n) is 5.14. The number of hydrogen-bond acceptors (Lipinski definition) is 5. The molecule has 0 unspecified atom stereocenters. The van der Waals surface area contributed by atoms with Gasteiger partial charge in [0.1, 0.15) is 23.8 Å². The van der Waals surface area contributed by atoms with Gasteiger partial charge in [-0.05, 0) is 55.7 Å². The van der Waals surface area contributed by atoms with E-state index in [1.54, 1.807) is 24.3 Å². The van der Waals surface area contributed by atoms with Crippen molar-refractivity contribution in [3.05, 3.63) is 58.0 Å². The zero-order valence-corrected chi connectivity index (χ0v) is 17.9. The molecule has 1 saturated heterocycles. The lowest BCUT2D eigenvalue weighted by atomic mass is 9.93. The minimum Gasteiger partial charge on any atom is -0.461 e. The summed E-state index contributed by atoms with van der Waals surface area (Å²) in [4.78, 5) is 25.3. The molecule has 2 heterocycles. The van der Waals surface area contributed by atoms with E-state index in [9.17, 15) is 9.59 Å². The predicted molar refractivity (Wildman–Crippen MR) is 111 cm³/mol. The normalized spacial score (nSPS) is 16.3. The topological polar surface area (TPSA) is 71.8 Å². The summed E-state index contributed by atoms with van der Waals surface area (Å²) in [6.07, 6.45) is 0.645. The number of likely N-dealkylation sites (tertiary alicyclic amines) is 1. The van der Waals surface area contributed by atoms with Crippen molar-refractivity contribution in [1.29, 1.82) is 0 Å². The van der Waals surface area contributed by atoms with E-state index in [2.05, 4.69) is 10.2 Å². The SMILES string of the molecule is CC(=O)OCc1ccc(CN2CCC(F)(CNC(=O)c3cc(C)cc(Cl)c3)CC2)o1. The summed E-state index contributed by atoms with van der Waals surface area (Å²) < 4.78 is 25.7. The fourth-order valence-electron chi connectivity index (χ4n) is 3.47. The van der Waals surface area contributed by atoms with Crippen molar-refractivity contribution in [3.8, 4) is 0 Å². The van der Waals surface area contributed by atoms with Crippen LogP contribution in [0.15, 0.2) is 34.7 Å². The van der Waals surface area contributed by atoms with Crippen LogP contribution in [-0.2, 0) is 22.7 Å². The smallest absolute Gasteiger partial charge is 0.303 e. The maximum Gasteiger partial charge on any atom is 0.303 e. The van der Waals surface area contributed by atoms with Crippen LogP contribution in [0.2, 0.25) is 5.02 Å². The molecule has 0 spiro atoms.